The van der Waals surface area contributed by atoms with Crippen molar-refractivity contribution >= 4 is 0 Å². The SMILES string of the molecule is COc1ccccc1OC(C)C1CO1. The predicted molar refractivity (Wildman–Crippen MR) is 52.8 cm³/mol. The fraction of sp³-hybridized carbons (Fsp3) is 0.455. The molecule has 0 amide bonds. The number of para-hydroxylation sites is 2. The van der Waals surface area contributed by atoms with Crippen molar-refractivity contribution in [2.45, 2.75) is 19.1 Å². The minimum absolute atomic E-state index is 0.0892. The fourth-order valence-corrected chi connectivity index (χ4v) is 1.32. The Morgan fingerprint density at radius 3 is 2.57 bits per heavy atom. The molecule has 3 heteroatoms. The Kier molecular flexibility index (Phi) is 2.59. The lowest BCUT2D eigenvalue weighted by atomic mass is 10.3. The third kappa shape index (κ3) is 1.99. The number of hydrogen-bond acceptors (Lipinski definition) is 3. The van der Waals surface area contributed by atoms with Crippen LogP contribution in [0.2, 0.25) is 0 Å². The Balaban J connectivity index is 2.06. The lowest BCUT2D eigenvalue weighted by Gasteiger charge is -2.14. The molecule has 0 saturated carbocycles. The van der Waals surface area contributed by atoms with E-state index in [1.807, 2.05) is 31.2 Å². The molecule has 0 spiro atoms. The van der Waals surface area contributed by atoms with Gasteiger partial charge in [0.2, 0.25) is 0 Å². The van der Waals surface area contributed by atoms with Crippen LogP contribution in [-0.2, 0) is 4.74 Å². The first-order valence-electron chi connectivity index (χ1n) is 4.72. The van der Waals surface area contributed by atoms with Crippen LogP contribution in [0, 0.1) is 0 Å². The maximum absolute atomic E-state index is 5.71. The van der Waals surface area contributed by atoms with E-state index in [0.717, 1.165) is 18.1 Å². The second-order valence-corrected chi connectivity index (χ2v) is 3.35. The van der Waals surface area contributed by atoms with Crippen molar-refractivity contribution < 1.29 is 14.2 Å². The maximum Gasteiger partial charge on any atom is 0.161 e. The summed E-state index contributed by atoms with van der Waals surface area (Å²) in [5.41, 5.74) is 0. The molecule has 0 aliphatic carbocycles. The van der Waals surface area contributed by atoms with Crippen LogP contribution in [0.4, 0.5) is 0 Å². The van der Waals surface area contributed by atoms with Crippen molar-refractivity contribution in [3.05, 3.63) is 24.3 Å². The third-order valence-corrected chi connectivity index (χ3v) is 2.26. The minimum atomic E-state index is 0.0892. The van der Waals surface area contributed by atoms with Gasteiger partial charge in [-0.3, -0.25) is 0 Å². The highest BCUT2D eigenvalue weighted by molar-refractivity contribution is 5.39. The summed E-state index contributed by atoms with van der Waals surface area (Å²) < 4.78 is 16.0. The molecule has 0 aromatic heterocycles. The van der Waals surface area contributed by atoms with E-state index < -0.39 is 0 Å². The zero-order chi connectivity index (χ0) is 9.97. The zero-order valence-corrected chi connectivity index (χ0v) is 8.40. The monoisotopic (exact) mass is 194 g/mol. The van der Waals surface area contributed by atoms with Crippen LogP contribution >= 0.6 is 0 Å². The van der Waals surface area contributed by atoms with Crippen molar-refractivity contribution in [1.29, 1.82) is 0 Å². The molecular formula is C11H14O3. The second-order valence-electron chi connectivity index (χ2n) is 3.35. The normalized spacial score (nSPS) is 21.4. The van der Waals surface area contributed by atoms with Gasteiger partial charge >= 0.3 is 0 Å². The first-order valence-corrected chi connectivity index (χ1v) is 4.72. The summed E-state index contributed by atoms with van der Waals surface area (Å²) in [5.74, 6) is 1.54. The van der Waals surface area contributed by atoms with Gasteiger partial charge in [0.15, 0.2) is 11.5 Å². The van der Waals surface area contributed by atoms with E-state index >= 15 is 0 Å². The largest absolute Gasteiger partial charge is 0.493 e. The molecule has 1 aromatic carbocycles. The van der Waals surface area contributed by atoms with Gasteiger partial charge in [0.05, 0.1) is 13.7 Å². The van der Waals surface area contributed by atoms with Gasteiger partial charge in [0.25, 0.3) is 0 Å². The van der Waals surface area contributed by atoms with Crippen LogP contribution in [0.25, 0.3) is 0 Å². The van der Waals surface area contributed by atoms with Gasteiger partial charge in [-0.25, -0.2) is 0 Å². The zero-order valence-electron chi connectivity index (χ0n) is 8.40. The average Bonchev–Trinajstić information content (AvgIpc) is 3.02. The highest BCUT2D eigenvalue weighted by Gasteiger charge is 2.31. The smallest absolute Gasteiger partial charge is 0.161 e. The number of ether oxygens (including phenoxy) is 3. The molecule has 2 unspecified atom stereocenters. The van der Waals surface area contributed by atoms with Gasteiger partial charge in [0.1, 0.15) is 12.2 Å². The molecule has 0 bridgehead atoms. The molecular weight excluding hydrogens is 180 g/mol. The molecule has 1 aliphatic rings. The van der Waals surface area contributed by atoms with E-state index in [1.54, 1.807) is 7.11 Å². The van der Waals surface area contributed by atoms with Crippen LogP contribution in [0.3, 0.4) is 0 Å². The quantitative estimate of drug-likeness (QED) is 0.685. The molecule has 0 radical (unpaired) electrons. The van der Waals surface area contributed by atoms with Gasteiger partial charge in [0, 0.05) is 0 Å². The summed E-state index contributed by atoms with van der Waals surface area (Å²) in [4.78, 5) is 0. The molecule has 1 aliphatic heterocycles. The first-order chi connectivity index (χ1) is 6.81. The Hall–Kier alpha value is -1.22. The molecule has 3 nitrogen and oxygen atoms in total. The summed E-state index contributed by atoms with van der Waals surface area (Å²) in [6.07, 6.45) is 0.339. The van der Waals surface area contributed by atoms with Crippen molar-refractivity contribution in [2.75, 3.05) is 13.7 Å². The van der Waals surface area contributed by atoms with Crippen LogP contribution in [-0.4, -0.2) is 25.9 Å². The Bertz CT molecular complexity index is 307. The Morgan fingerprint density at radius 2 is 2.00 bits per heavy atom. The number of methoxy groups -OCH3 is 1. The van der Waals surface area contributed by atoms with Crippen LogP contribution in [0.1, 0.15) is 6.92 Å². The van der Waals surface area contributed by atoms with E-state index in [-0.39, 0.29) is 12.2 Å². The van der Waals surface area contributed by atoms with Gasteiger partial charge in [-0.1, -0.05) is 12.1 Å². The van der Waals surface area contributed by atoms with Gasteiger partial charge in [-0.2, -0.15) is 0 Å². The molecule has 1 fully saturated rings. The van der Waals surface area contributed by atoms with Crippen LogP contribution < -0.4 is 9.47 Å². The minimum Gasteiger partial charge on any atom is -0.493 e. The van der Waals surface area contributed by atoms with E-state index in [9.17, 15) is 0 Å². The van der Waals surface area contributed by atoms with E-state index in [4.69, 9.17) is 14.2 Å². The average molecular weight is 194 g/mol. The third-order valence-electron chi connectivity index (χ3n) is 2.26. The van der Waals surface area contributed by atoms with E-state index in [1.165, 1.54) is 0 Å². The lowest BCUT2D eigenvalue weighted by molar-refractivity contribution is 0.170. The Labute approximate surface area is 83.6 Å². The van der Waals surface area contributed by atoms with Crippen molar-refractivity contribution in [3.63, 3.8) is 0 Å². The summed E-state index contributed by atoms with van der Waals surface area (Å²) >= 11 is 0. The topological polar surface area (TPSA) is 31.0 Å². The summed E-state index contributed by atoms with van der Waals surface area (Å²) in [6, 6.07) is 7.63. The second kappa shape index (κ2) is 3.88. The van der Waals surface area contributed by atoms with E-state index in [0.29, 0.717) is 0 Å². The number of hydrogen-bond donors (Lipinski definition) is 0. The number of benzene rings is 1. The Morgan fingerprint density at radius 1 is 1.36 bits per heavy atom. The molecule has 76 valence electrons. The molecule has 1 saturated heterocycles. The summed E-state index contributed by atoms with van der Waals surface area (Å²) in [6.45, 7) is 2.81. The fourth-order valence-electron chi connectivity index (χ4n) is 1.32. The first kappa shape index (κ1) is 9.34. The summed E-state index contributed by atoms with van der Waals surface area (Å²) in [7, 11) is 1.64. The van der Waals surface area contributed by atoms with Crippen LogP contribution in [0.5, 0.6) is 11.5 Å². The molecule has 1 heterocycles. The van der Waals surface area contributed by atoms with Gasteiger partial charge in [-0.15, -0.1) is 0 Å². The van der Waals surface area contributed by atoms with Crippen LogP contribution in [0.15, 0.2) is 24.3 Å². The van der Waals surface area contributed by atoms with Crippen molar-refractivity contribution in [3.8, 4) is 11.5 Å². The standard InChI is InChI=1S/C11H14O3/c1-8(11-7-13-11)14-10-6-4-3-5-9(10)12-2/h3-6,8,11H,7H2,1-2H3. The molecule has 2 atom stereocenters. The van der Waals surface area contributed by atoms with Gasteiger partial charge < -0.3 is 14.2 Å². The predicted octanol–water partition coefficient (Wildman–Crippen LogP) is 1.86. The van der Waals surface area contributed by atoms with Crippen molar-refractivity contribution in [1.82, 2.24) is 0 Å². The number of epoxide rings is 1. The maximum atomic E-state index is 5.71. The van der Waals surface area contributed by atoms with E-state index in [2.05, 4.69) is 0 Å². The summed E-state index contributed by atoms with van der Waals surface area (Å²) in [5, 5.41) is 0. The molecule has 2 rings (SSSR count). The highest BCUT2D eigenvalue weighted by Crippen LogP contribution is 2.29. The molecule has 1 aromatic rings. The highest BCUT2D eigenvalue weighted by atomic mass is 16.6. The van der Waals surface area contributed by atoms with Crippen molar-refractivity contribution in [2.24, 2.45) is 0 Å². The number of rotatable bonds is 4. The molecule has 0 N–H and O–H groups in total. The van der Waals surface area contributed by atoms with Gasteiger partial charge in [-0.05, 0) is 19.1 Å². The lowest BCUT2D eigenvalue weighted by Crippen LogP contribution is -2.18. The molecule has 14 heavy (non-hydrogen) atoms.